The van der Waals surface area contributed by atoms with Gasteiger partial charge in [-0.3, -0.25) is 0 Å². The van der Waals surface area contributed by atoms with E-state index in [1.807, 2.05) is 48.5 Å². The van der Waals surface area contributed by atoms with Crippen LogP contribution >= 0.6 is 22.6 Å². The van der Waals surface area contributed by atoms with Gasteiger partial charge in [-0.15, -0.1) is 0 Å². The SMILES string of the molecule is O=C(O)c1cc(Nc2ccccc2I)c2ccccc2n1. The van der Waals surface area contributed by atoms with Gasteiger partial charge in [0.1, 0.15) is 0 Å². The average molecular weight is 390 g/mol. The zero-order valence-corrected chi connectivity index (χ0v) is 13.0. The third kappa shape index (κ3) is 2.82. The minimum atomic E-state index is -1.04. The molecule has 3 rings (SSSR count). The van der Waals surface area contributed by atoms with E-state index < -0.39 is 5.97 Å². The molecule has 0 atom stereocenters. The van der Waals surface area contributed by atoms with Crippen LogP contribution in [0.3, 0.4) is 0 Å². The Labute approximate surface area is 135 Å². The van der Waals surface area contributed by atoms with Crippen LogP contribution in [0.25, 0.3) is 10.9 Å². The highest BCUT2D eigenvalue weighted by Crippen LogP contribution is 2.28. The number of rotatable bonds is 3. The van der Waals surface area contributed by atoms with Gasteiger partial charge in [0, 0.05) is 8.96 Å². The van der Waals surface area contributed by atoms with Crippen molar-refractivity contribution >= 4 is 50.8 Å². The van der Waals surface area contributed by atoms with E-state index in [0.29, 0.717) is 5.52 Å². The lowest BCUT2D eigenvalue weighted by atomic mass is 10.1. The molecular weight excluding hydrogens is 379 g/mol. The van der Waals surface area contributed by atoms with E-state index in [-0.39, 0.29) is 5.69 Å². The molecule has 3 aromatic rings. The Hall–Kier alpha value is -2.15. The molecule has 0 aliphatic heterocycles. The molecule has 0 unspecified atom stereocenters. The summed E-state index contributed by atoms with van der Waals surface area (Å²) in [5.74, 6) is -1.04. The smallest absolute Gasteiger partial charge is 0.354 e. The number of hydrogen-bond donors (Lipinski definition) is 2. The first-order valence-electron chi connectivity index (χ1n) is 6.30. The van der Waals surface area contributed by atoms with E-state index in [4.69, 9.17) is 0 Å². The van der Waals surface area contributed by atoms with Crippen molar-refractivity contribution < 1.29 is 9.90 Å². The number of hydrogen-bond acceptors (Lipinski definition) is 3. The number of carbonyl (C=O) groups is 1. The number of carboxylic acid groups (broad SMARTS) is 1. The summed E-state index contributed by atoms with van der Waals surface area (Å²) in [6.45, 7) is 0. The number of carboxylic acids is 1. The maximum Gasteiger partial charge on any atom is 0.354 e. The summed E-state index contributed by atoms with van der Waals surface area (Å²) in [6.07, 6.45) is 0. The van der Waals surface area contributed by atoms with Gasteiger partial charge in [0.25, 0.3) is 0 Å². The van der Waals surface area contributed by atoms with Crippen molar-refractivity contribution in [2.24, 2.45) is 0 Å². The summed E-state index contributed by atoms with van der Waals surface area (Å²) in [6, 6.07) is 16.9. The number of anilines is 2. The molecule has 0 saturated carbocycles. The van der Waals surface area contributed by atoms with Crippen molar-refractivity contribution in [1.82, 2.24) is 4.98 Å². The topological polar surface area (TPSA) is 62.2 Å². The van der Waals surface area contributed by atoms with Gasteiger partial charge in [-0.1, -0.05) is 30.3 Å². The Morgan fingerprint density at radius 3 is 2.52 bits per heavy atom. The highest BCUT2D eigenvalue weighted by atomic mass is 127. The van der Waals surface area contributed by atoms with Gasteiger partial charge in [-0.25, -0.2) is 9.78 Å². The summed E-state index contributed by atoms with van der Waals surface area (Å²) in [7, 11) is 0. The molecule has 0 aliphatic rings. The van der Waals surface area contributed by atoms with Crippen LogP contribution in [0, 0.1) is 3.57 Å². The van der Waals surface area contributed by atoms with Crippen LogP contribution in [0.2, 0.25) is 0 Å². The van der Waals surface area contributed by atoms with Gasteiger partial charge in [-0.2, -0.15) is 0 Å². The number of pyridine rings is 1. The molecule has 104 valence electrons. The van der Waals surface area contributed by atoms with Crippen LogP contribution in [0.1, 0.15) is 10.5 Å². The van der Waals surface area contributed by atoms with Gasteiger partial charge >= 0.3 is 5.97 Å². The first-order valence-corrected chi connectivity index (χ1v) is 7.37. The Balaban J connectivity index is 2.16. The van der Waals surface area contributed by atoms with Gasteiger partial charge in [0.15, 0.2) is 5.69 Å². The Bertz CT molecular complexity index is 833. The van der Waals surface area contributed by atoms with Crippen LogP contribution < -0.4 is 5.32 Å². The molecule has 5 heteroatoms. The number of halogens is 1. The molecule has 0 saturated heterocycles. The second-order valence-corrected chi connectivity index (χ2v) is 5.64. The van der Waals surface area contributed by atoms with Crippen molar-refractivity contribution in [1.29, 1.82) is 0 Å². The highest BCUT2D eigenvalue weighted by molar-refractivity contribution is 14.1. The molecule has 0 bridgehead atoms. The normalized spacial score (nSPS) is 10.5. The zero-order chi connectivity index (χ0) is 14.8. The van der Waals surface area contributed by atoms with E-state index >= 15 is 0 Å². The lowest BCUT2D eigenvalue weighted by Crippen LogP contribution is -2.03. The molecule has 2 aromatic carbocycles. The summed E-state index contributed by atoms with van der Waals surface area (Å²) in [4.78, 5) is 15.4. The van der Waals surface area contributed by atoms with Crippen molar-refractivity contribution in [2.75, 3.05) is 5.32 Å². The molecule has 21 heavy (non-hydrogen) atoms. The number of nitrogens with zero attached hydrogens (tertiary/aromatic N) is 1. The summed E-state index contributed by atoms with van der Waals surface area (Å²) in [5.41, 5.74) is 2.36. The van der Waals surface area contributed by atoms with Crippen molar-refractivity contribution in [3.8, 4) is 0 Å². The number of para-hydroxylation sites is 2. The van der Waals surface area contributed by atoms with E-state index in [1.165, 1.54) is 0 Å². The average Bonchev–Trinajstić information content (AvgIpc) is 2.49. The summed E-state index contributed by atoms with van der Waals surface area (Å²) >= 11 is 2.24. The van der Waals surface area contributed by atoms with E-state index in [1.54, 1.807) is 6.07 Å². The third-order valence-corrected chi connectivity index (χ3v) is 4.02. The zero-order valence-electron chi connectivity index (χ0n) is 10.9. The Morgan fingerprint density at radius 1 is 1.05 bits per heavy atom. The fourth-order valence-electron chi connectivity index (χ4n) is 2.10. The standard InChI is InChI=1S/C16H11IN2O2/c17-11-6-2-4-8-13(11)19-14-9-15(16(20)21)18-12-7-3-1-5-10(12)14/h1-9H,(H,18,19)(H,20,21). The summed E-state index contributed by atoms with van der Waals surface area (Å²) < 4.78 is 1.06. The van der Waals surface area contributed by atoms with Gasteiger partial charge in [0.2, 0.25) is 0 Å². The van der Waals surface area contributed by atoms with Crippen LogP contribution in [-0.2, 0) is 0 Å². The largest absolute Gasteiger partial charge is 0.477 e. The molecule has 0 fully saturated rings. The molecular formula is C16H11IN2O2. The second kappa shape index (κ2) is 5.69. The molecule has 1 aromatic heterocycles. The lowest BCUT2D eigenvalue weighted by Gasteiger charge is -2.12. The number of benzene rings is 2. The molecule has 0 aliphatic carbocycles. The number of nitrogens with one attached hydrogen (secondary N) is 1. The van der Waals surface area contributed by atoms with Crippen molar-refractivity contribution in [3.05, 3.63) is 63.9 Å². The van der Waals surface area contributed by atoms with Gasteiger partial charge < -0.3 is 10.4 Å². The predicted octanol–water partition coefficient (Wildman–Crippen LogP) is 4.28. The minimum Gasteiger partial charge on any atom is -0.477 e. The fourth-order valence-corrected chi connectivity index (χ4v) is 2.62. The van der Waals surface area contributed by atoms with Gasteiger partial charge in [-0.05, 0) is 46.9 Å². The predicted molar refractivity (Wildman–Crippen MR) is 91.1 cm³/mol. The summed E-state index contributed by atoms with van der Waals surface area (Å²) in [5, 5.41) is 13.4. The molecule has 4 nitrogen and oxygen atoms in total. The minimum absolute atomic E-state index is 0.0298. The maximum atomic E-state index is 11.2. The lowest BCUT2D eigenvalue weighted by molar-refractivity contribution is 0.0691. The van der Waals surface area contributed by atoms with E-state index in [0.717, 1.165) is 20.3 Å². The van der Waals surface area contributed by atoms with Crippen LogP contribution in [0.4, 0.5) is 11.4 Å². The number of aromatic nitrogens is 1. The molecule has 0 spiro atoms. The van der Waals surface area contributed by atoms with Crippen LogP contribution in [0.5, 0.6) is 0 Å². The molecule has 1 heterocycles. The monoisotopic (exact) mass is 390 g/mol. The van der Waals surface area contributed by atoms with Gasteiger partial charge in [0.05, 0.1) is 16.9 Å². The van der Waals surface area contributed by atoms with Crippen molar-refractivity contribution in [2.45, 2.75) is 0 Å². The molecule has 2 N–H and O–H groups in total. The van der Waals surface area contributed by atoms with Crippen LogP contribution in [0.15, 0.2) is 54.6 Å². The second-order valence-electron chi connectivity index (χ2n) is 4.48. The van der Waals surface area contributed by atoms with Crippen LogP contribution in [-0.4, -0.2) is 16.1 Å². The highest BCUT2D eigenvalue weighted by Gasteiger charge is 2.11. The molecule has 0 radical (unpaired) electrons. The number of fused-ring (bicyclic) bond motifs is 1. The van der Waals surface area contributed by atoms with E-state index in [2.05, 4.69) is 32.9 Å². The Morgan fingerprint density at radius 2 is 1.76 bits per heavy atom. The maximum absolute atomic E-state index is 11.2. The number of aromatic carboxylic acids is 1. The Kier molecular flexibility index (Phi) is 3.74. The van der Waals surface area contributed by atoms with E-state index in [9.17, 15) is 9.90 Å². The first-order chi connectivity index (χ1) is 10.1. The van der Waals surface area contributed by atoms with Crippen molar-refractivity contribution in [3.63, 3.8) is 0 Å². The fraction of sp³-hybridized carbons (Fsp3) is 0. The first kappa shape index (κ1) is 13.8. The molecule has 0 amide bonds. The third-order valence-electron chi connectivity index (χ3n) is 3.08. The quantitative estimate of drug-likeness (QED) is 0.656.